The lowest BCUT2D eigenvalue weighted by Gasteiger charge is -2.67. The Morgan fingerprint density at radius 1 is 1.24 bits per heavy atom. The van der Waals surface area contributed by atoms with Crippen LogP contribution in [0.25, 0.3) is 0 Å². The highest BCUT2D eigenvalue weighted by Crippen LogP contribution is 2.72. The number of nitrogens with zero attached hydrogens (tertiary/aromatic N) is 2. The van der Waals surface area contributed by atoms with Gasteiger partial charge in [-0.25, -0.2) is 10.4 Å². The van der Waals surface area contributed by atoms with Crippen molar-refractivity contribution in [3.8, 4) is 0 Å². The maximum absolute atomic E-state index is 6.04. The van der Waals surface area contributed by atoms with Crippen molar-refractivity contribution >= 4 is 0 Å². The summed E-state index contributed by atoms with van der Waals surface area (Å²) in [6, 6.07) is 0.180. The Kier molecular flexibility index (Phi) is 2.69. The number of hydrogen-bond donors (Lipinski definition) is 2. The first-order valence-electron chi connectivity index (χ1n) is 8.31. The maximum atomic E-state index is 6.04. The normalized spacial score (nSPS) is 46.0. The summed E-state index contributed by atoms with van der Waals surface area (Å²) in [5, 5.41) is 0. The highest BCUT2D eigenvalue weighted by Gasteiger charge is 2.62. The Balaban J connectivity index is 1.78. The summed E-state index contributed by atoms with van der Waals surface area (Å²) in [6.45, 7) is 5.02. The summed E-state index contributed by atoms with van der Waals surface area (Å²) in [6.07, 6.45) is 12.1. The molecule has 0 radical (unpaired) electrons. The number of imidazole rings is 1. The van der Waals surface area contributed by atoms with Crippen molar-refractivity contribution in [2.24, 2.45) is 35.1 Å². The van der Waals surface area contributed by atoms with Gasteiger partial charge in [0.05, 0.1) is 6.04 Å². The van der Waals surface area contributed by atoms with E-state index >= 15 is 0 Å². The molecule has 1 heterocycles. The van der Waals surface area contributed by atoms with Gasteiger partial charge < -0.3 is 4.57 Å². The molecule has 5 rings (SSSR count). The molecular formula is C17H28N4. The molecule has 4 nitrogen and oxygen atoms in total. The van der Waals surface area contributed by atoms with Crippen LogP contribution in [-0.4, -0.2) is 9.55 Å². The van der Waals surface area contributed by atoms with Gasteiger partial charge in [-0.2, -0.15) is 0 Å². The lowest BCUT2D eigenvalue weighted by atomic mass is 9.39. The van der Waals surface area contributed by atoms with Gasteiger partial charge in [0, 0.05) is 19.4 Å². The molecule has 0 spiro atoms. The highest BCUT2D eigenvalue weighted by atomic mass is 15.3. The predicted octanol–water partition coefficient (Wildman–Crippen LogP) is 2.92. The summed E-state index contributed by atoms with van der Waals surface area (Å²) in [7, 11) is 2.08. The van der Waals surface area contributed by atoms with Gasteiger partial charge in [0.1, 0.15) is 5.82 Å². The van der Waals surface area contributed by atoms with E-state index in [9.17, 15) is 0 Å². The number of aromatic nitrogens is 2. The Hall–Kier alpha value is -0.870. The van der Waals surface area contributed by atoms with Crippen molar-refractivity contribution in [1.82, 2.24) is 15.0 Å². The van der Waals surface area contributed by atoms with Gasteiger partial charge in [-0.05, 0) is 60.7 Å². The fraction of sp³-hybridized carbons (Fsp3) is 0.824. The minimum absolute atomic E-state index is 0.180. The molecule has 4 fully saturated rings. The van der Waals surface area contributed by atoms with E-state index in [-0.39, 0.29) is 11.5 Å². The second-order valence-corrected chi connectivity index (χ2v) is 8.99. The first-order valence-corrected chi connectivity index (χ1v) is 8.31. The second kappa shape index (κ2) is 4.11. The third-order valence-corrected chi connectivity index (χ3v) is 6.57. The van der Waals surface area contributed by atoms with E-state index in [0.29, 0.717) is 10.8 Å². The SMILES string of the molecule is Cn1ccnc1C(NN)C12CC3CC(C)(CC(C)(C3)C1)C2. The number of hydrazine groups is 1. The van der Waals surface area contributed by atoms with Gasteiger partial charge in [-0.1, -0.05) is 13.8 Å². The lowest BCUT2D eigenvalue weighted by molar-refractivity contribution is -0.160. The molecule has 0 amide bonds. The first-order chi connectivity index (χ1) is 9.87. The number of nitrogens with one attached hydrogen (secondary N) is 1. The third kappa shape index (κ3) is 1.92. The van der Waals surface area contributed by atoms with E-state index in [0.717, 1.165) is 11.7 Å². The second-order valence-electron chi connectivity index (χ2n) is 8.99. The minimum atomic E-state index is 0.180. The molecule has 4 heteroatoms. The van der Waals surface area contributed by atoms with Crippen LogP contribution < -0.4 is 11.3 Å². The zero-order valence-corrected chi connectivity index (χ0v) is 13.5. The number of nitrogens with two attached hydrogens (primary N) is 1. The average Bonchev–Trinajstić information content (AvgIpc) is 2.71. The molecule has 3 unspecified atom stereocenters. The molecule has 1 aromatic heterocycles. The van der Waals surface area contributed by atoms with Crippen LogP contribution in [0.15, 0.2) is 12.4 Å². The Labute approximate surface area is 127 Å². The summed E-state index contributed by atoms with van der Waals surface area (Å²) >= 11 is 0. The van der Waals surface area contributed by atoms with Crippen LogP contribution in [-0.2, 0) is 7.05 Å². The van der Waals surface area contributed by atoms with Crippen LogP contribution in [0.4, 0.5) is 0 Å². The Morgan fingerprint density at radius 3 is 2.38 bits per heavy atom. The minimum Gasteiger partial charge on any atom is -0.337 e. The third-order valence-electron chi connectivity index (χ3n) is 6.57. The molecule has 4 saturated carbocycles. The van der Waals surface area contributed by atoms with E-state index in [2.05, 4.69) is 35.9 Å². The van der Waals surface area contributed by atoms with Crippen molar-refractivity contribution in [3.05, 3.63) is 18.2 Å². The predicted molar refractivity (Wildman–Crippen MR) is 83.1 cm³/mol. The molecule has 4 aliphatic rings. The van der Waals surface area contributed by atoms with Crippen LogP contribution in [0, 0.1) is 22.2 Å². The molecule has 4 bridgehead atoms. The van der Waals surface area contributed by atoms with Gasteiger partial charge >= 0.3 is 0 Å². The van der Waals surface area contributed by atoms with Crippen molar-refractivity contribution in [3.63, 3.8) is 0 Å². The van der Waals surface area contributed by atoms with Crippen LogP contribution in [0.3, 0.4) is 0 Å². The van der Waals surface area contributed by atoms with Crippen molar-refractivity contribution in [2.45, 2.75) is 58.4 Å². The largest absolute Gasteiger partial charge is 0.337 e. The molecule has 1 aromatic rings. The smallest absolute Gasteiger partial charge is 0.127 e. The summed E-state index contributed by atoms with van der Waals surface area (Å²) < 4.78 is 2.13. The topological polar surface area (TPSA) is 55.9 Å². The number of aryl methyl sites for hydroxylation is 1. The summed E-state index contributed by atoms with van der Waals surface area (Å²) in [5.74, 6) is 8.02. The molecule has 0 aromatic carbocycles. The van der Waals surface area contributed by atoms with E-state index in [1.807, 2.05) is 12.4 Å². The Morgan fingerprint density at radius 2 is 1.90 bits per heavy atom. The molecule has 116 valence electrons. The zero-order valence-electron chi connectivity index (χ0n) is 13.5. The fourth-order valence-corrected chi connectivity index (χ4v) is 7.04. The van der Waals surface area contributed by atoms with Gasteiger partial charge in [0.2, 0.25) is 0 Å². The van der Waals surface area contributed by atoms with E-state index in [4.69, 9.17) is 5.84 Å². The van der Waals surface area contributed by atoms with E-state index in [1.165, 1.54) is 38.5 Å². The maximum Gasteiger partial charge on any atom is 0.127 e. The van der Waals surface area contributed by atoms with Crippen LogP contribution in [0.1, 0.15) is 64.2 Å². The molecule has 4 aliphatic carbocycles. The van der Waals surface area contributed by atoms with Crippen LogP contribution in [0.5, 0.6) is 0 Å². The quantitative estimate of drug-likeness (QED) is 0.664. The summed E-state index contributed by atoms with van der Waals surface area (Å²) in [4.78, 5) is 4.61. The molecule has 0 aliphatic heterocycles. The molecule has 0 saturated heterocycles. The first kappa shape index (κ1) is 13.8. The van der Waals surface area contributed by atoms with Gasteiger partial charge in [0.15, 0.2) is 0 Å². The lowest BCUT2D eigenvalue weighted by Crippen LogP contribution is -2.59. The van der Waals surface area contributed by atoms with E-state index in [1.54, 1.807) is 0 Å². The summed E-state index contributed by atoms with van der Waals surface area (Å²) in [5.41, 5.74) is 4.46. The highest BCUT2D eigenvalue weighted by molar-refractivity contribution is 5.17. The molecule has 3 atom stereocenters. The van der Waals surface area contributed by atoms with Crippen LogP contribution in [0.2, 0.25) is 0 Å². The van der Waals surface area contributed by atoms with Crippen molar-refractivity contribution in [1.29, 1.82) is 0 Å². The zero-order chi connectivity index (χ0) is 14.9. The molecule has 21 heavy (non-hydrogen) atoms. The monoisotopic (exact) mass is 288 g/mol. The van der Waals surface area contributed by atoms with E-state index < -0.39 is 0 Å². The van der Waals surface area contributed by atoms with Gasteiger partial charge in [-0.15, -0.1) is 0 Å². The Bertz CT molecular complexity index is 545. The fourth-order valence-electron chi connectivity index (χ4n) is 7.04. The van der Waals surface area contributed by atoms with Gasteiger partial charge in [0.25, 0.3) is 0 Å². The van der Waals surface area contributed by atoms with Crippen molar-refractivity contribution in [2.75, 3.05) is 0 Å². The number of rotatable bonds is 3. The molecule has 3 N–H and O–H groups in total. The standard InChI is InChI=1S/C17H28N4/c1-15-6-12-7-16(2,9-15)11-17(8-12,10-15)13(20-18)14-19-4-5-21(14)3/h4-5,12-13,20H,6-11,18H2,1-3H3. The molecular weight excluding hydrogens is 260 g/mol. The van der Waals surface area contributed by atoms with Crippen LogP contribution >= 0.6 is 0 Å². The average molecular weight is 288 g/mol. The van der Waals surface area contributed by atoms with Gasteiger partial charge in [-0.3, -0.25) is 5.84 Å². The van der Waals surface area contributed by atoms with Crippen molar-refractivity contribution < 1.29 is 0 Å². The number of hydrogen-bond acceptors (Lipinski definition) is 3.